The van der Waals surface area contributed by atoms with Crippen LogP contribution in [0.4, 0.5) is 13.2 Å². The number of halogens is 3. The van der Waals surface area contributed by atoms with Crippen LogP contribution in [-0.2, 0) is 0 Å². The fraction of sp³-hybridized carbons (Fsp3) is 0.100. The van der Waals surface area contributed by atoms with Crippen LogP contribution in [0.25, 0.3) is 28.2 Å². The highest BCUT2D eigenvalue weighted by molar-refractivity contribution is 5.68. The molecule has 2 aromatic heterocycles. The Labute approximate surface area is 162 Å². The van der Waals surface area contributed by atoms with Gasteiger partial charge >= 0.3 is 6.36 Å². The predicted molar refractivity (Wildman–Crippen MR) is 98.8 cm³/mol. The number of nitrogens with zero attached hydrogens (tertiary/aromatic N) is 3. The maximum Gasteiger partial charge on any atom is 0.573 e. The molecule has 0 saturated carbocycles. The highest BCUT2D eigenvalue weighted by atomic mass is 19.4. The van der Waals surface area contributed by atoms with Gasteiger partial charge in [-0.2, -0.15) is 5.10 Å². The third-order valence-electron chi connectivity index (χ3n) is 4.20. The Kier molecular flexibility index (Phi) is 4.50. The number of fused-ring (bicyclic) bond motifs is 1. The number of ether oxygens (including phenoxy) is 2. The lowest BCUT2D eigenvalue weighted by molar-refractivity contribution is -0.274. The minimum absolute atomic E-state index is 0.000184. The molecule has 0 unspecified atom stereocenters. The normalized spacial score (nSPS) is 11.6. The molecule has 2 aromatic carbocycles. The van der Waals surface area contributed by atoms with Gasteiger partial charge in [-0.15, -0.1) is 13.2 Å². The lowest BCUT2D eigenvalue weighted by Crippen LogP contribution is -2.17. The van der Waals surface area contributed by atoms with E-state index < -0.39 is 6.36 Å². The lowest BCUT2D eigenvalue weighted by atomic mass is 10.1. The minimum Gasteiger partial charge on any atom is -0.504 e. The number of aromatic nitrogens is 3. The van der Waals surface area contributed by atoms with Crippen molar-refractivity contribution in [1.82, 2.24) is 14.6 Å². The summed E-state index contributed by atoms with van der Waals surface area (Å²) >= 11 is 0. The van der Waals surface area contributed by atoms with Crippen LogP contribution in [0.5, 0.6) is 17.2 Å². The molecule has 148 valence electrons. The average molecular weight is 401 g/mol. The number of imidazole rings is 1. The summed E-state index contributed by atoms with van der Waals surface area (Å²) in [4.78, 5) is 4.30. The molecule has 6 nitrogen and oxygen atoms in total. The fourth-order valence-corrected chi connectivity index (χ4v) is 2.91. The van der Waals surface area contributed by atoms with Gasteiger partial charge in [0, 0.05) is 11.1 Å². The summed E-state index contributed by atoms with van der Waals surface area (Å²) in [5, 5.41) is 14.3. The third-order valence-corrected chi connectivity index (χ3v) is 4.20. The second-order valence-electron chi connectivity index (χ2n) is 6.09. The molecule has 0 amide bonds. The first-order valence-corrected chi connectivity index (χ1v) is 8.42. The van der Waals surface area contributed by atoms with Crippen LogP contribution in [0, 0.1) is 0 Å². The molecular formula is C20H14F3N3O3. The van der Waals surface area contributed by atoms with Crippen LogP contribution in [0.2, 0.25) is 0 Å². The van der Waals surface area contributed by atoms with Gasteiger partial charge in [0.15, 0.2) is 17.1 Å². The lowest BCUT2D eigenvalue weighted by Gasteiger charge is -2.10. The number of hydrogen-bond acceptors (Lipinski definition) is 5. The first-order valence-electron chi connectivity index (χ1n) is 8.42. The number of alkyl halides is 3. The Hall–Kier alpha value is -3.75. The van der Waals surface area contributed by atoms with Gasteiger partial charge in [0.25, 0.3) is 0 Å². The third kappa shape index (κ3) is 3.79. The monoisotopic (exact) mass is 401 g/mol. The fourth-order valence-electron chi connectivity index (χ4n) is 2.91. The molecule has 2 heterocycles. The van der Waals surface area contributed by atoms with E-state index in [1.807, 2.05) is 0 Å². The SMILES string of the molecule is COc1cc(-c2cnc3ccc(-c4cccc(OC(F)(F)F)c4)nn23)ccc1O. The summed E-state index contributed by atoms with van der Waals surface area (Å²) in [6, 6.07) is 13.8. The van der Waals surface area contributed by atoms with Gasteiger partial charge in [-0.3, -0.25) is 0 Å². The second kappa shape index (κ2) is 7.01. The van der Waals surface area contributed by atoms with Crippen molar-refractivity contribution in [3.63, 3.8) is 0 Å². The minimum atomic E-state index is -4.77. The zero-order chi connectivity index (χ0) is 20.6. The standard InChI is InChI=1S/C20H14F3N3O3/c1-28-18-10-13(5-7-17(18)27)16-11-24-19-8-6-15(25-26(16)19)12-3-2-4-14(9-12)29-20(21,22)23/h2-11,27H,1H3. The van der Waals surface area contributed by atoms with E-state index in [0.717, 1.165) is 0 Å². The van der Waals surface area contributed by atoms with Crippen LogP contribution in [0.3, 0.4) is 0 Å². The Morgan fingerprint density at radius 3 is 2.59 bits per heavy atom. The van der Waals surface area contributed by atoms with Crippen LogP contribution < -0.4 is 9.47 Å². The summed E-state index contributed by atoms with van der Waals surface area (Å²) in [7, 11) is 1.44. The van der Waals surface area contributed by atoms with Gasteiger partial charge in [-0.05, 0) is 42.5 Å². The summed E-state index contributed by atoms with van der Waals surface area (Å²) in [5.74, 6) is -0.0307. The largest absolute Gasteiger partial charge is 0.573 e. The van der Waals surface area contributed by atoms with Crippen molar-refractivity contribution in [3.8, 4) is 39.8 Å². The van der Waals surface area contributed by atoms with Gasteiger partial charge in [0.2, 0.25) is 0 Å². The van der Waals surface area contributed by atoms with Crippen molar-refractivity contribution in [3.05, 3.63) is 60.8 Å². The summed E-state index contributed by atoms with van der Waals surface area (Å²) in [6.07, 6.45) is -3.16. The van der Waals surface area contributed by atoms with Crippen molar-refractivity contribution in [2.45, 2.75) is 6.36 Å². The number of rotatable bonds is 4. The quantitative estimate of drug-likeness (QED) is 0.538. The maximum atomic E-state index is 12.5. The van der Waals surface area contributed by atoms with E-state index >= 15 is 0 Å². The number of phenols is 1. The van der Waals surface area contributed by atoms with E-state index in [1.165, 1.54) is 31.4 Å². The van der Waals surface area contributed by atoms with Gasteiger partial charge in [-0.25, -0.2) is 9.50 Å². The molecule has 0 aliphatic carbocycles. The number of hydrogen-bond donors (Lipinski definition) is 1. The number of aromatic hydroxyl groups is 1. The molecule has 0 spiro atoms. The molecule has 0 aliphatic heterocycles. The van der Waals surface area contributed by atoms with Gasteiger partial charge < -0.3 is 14.6 Å². The van der Waals surface area contributed by atoms with E-state index in [0.29, 0.717) is 33.9 Å². The number of benzene rings is 2. The average Bonchev–Trinajstić information content (AvgIpc) is 3.10. The maximum absolute atomic E-state index is 12.5. The first kappa shape index (κ1) is 18.6. The van der Waals surface area contributed by atoms with Gasteiger partial charge in [0.05, 0.1) is 24.7 Å². The van der Waals surface area contributed by atoms with Crippen molar-refractivity contribution in [2.75, 3.05) is 7.11 Å². The molecule has 0 bridgehead atoms. The van der Waals surface area contributed by atoms with E-state index in [-0.39, 0.29) is 11.5 Å². The molecule has 0 saturated heterocycles. The Balaban J connectivity index is 1.77. The van der Waals surface area contributed by atoms with E-state index in [1.54, 1.807) is 41.0 Å². The van der Waals surface area contributed by atoms with Crippen LogP contribution in [-0.4, -0.2) is 33.2 Å². The topological polar surface area (TPSA) is 68.9 Å². The molecular weight excluding hydrogens is 387 g/mol. The van der Waals surface area contributed by atoms with Crippen molar-refractivity contribution in [2.24, 2.45) is 0 Å². The highest BCUT2D eigenvalue weighted by Crippen LogP contribution is 2.32. The Morgan fingerprint density at radius 1 is 1.00 bits per heavy atom. The Bertz CT molecular complexity index is 1190. The second-order valence-corrected chi connectivity index (χ2v) is 6.09. The van der Waals surface area contributed by atoms with Crippen molar-refractivity contribution in [1.29, 1.82) is 0 Å². The van der Waals surface area contributed by atoms with Gasteiger partial charge in [-0.1, -0.05) is 12.1 Å². The smallest absolute Gasteiger partial charge is 0.504 e. The highest BCUT2D eigenvalue weighted by Gasteiger charge is 2.31. The summed E-state index contributed by atoms with van der Waals surface area (Å²) in [6.45, 7) is 0. The van der Waals surface area contributed by atoms with Crippen molar-refractivity contribution < 1.29 is 27.8 Å². The summed E-state index contributed by atoms with van der Waals surface area (Å²) in [5.41, 5.74) is 2.78. The van der Waals surface area contributed by atoms with Crippen molar-refractivity contribution >= 4 is 5.65 Å². The Morgan fingerprint density at radius 2 is 1.83 bits per heavy atom. The predicted octanol–water partition coefficient (Wildman–Crippen LogP) is 4.68. The zero-order valence-corrected chi connectivity index (χ0v) is 15.0. The zero-order valence-electron chi connectivity index (χ0n) is 15.0. The molecule has 29 heavy (non-hydrogen) atoms. The summed E-state index contributed by atoms with van der Waals surface area (Å²) < 4.78 is 48.2. The number of phenolic OH excluding ortho intramolecular Hbond substituents is 1. The molecule has 9 heteroatoms. The van der Waals surface area contributed by atoms with E-state index in [4.69, 9.17) is 4.74 Å². The number of methoxy groups -OCH3 is 1. The van der Waals surface area contributed by atoms with Crippen LogP contribution >= 0.6 is 0 Å². The molecule has 0 atom stereocenters. The van der Waals surface area contributed by atoms with Crippen LogP contribution in [0.1, 0.15) is 0 Å². The molecule has 4 rings (SSSR count). The first-order chi connectivity index (χ1) is 13.8. The van der Waals surface area contributed by atoms with E-state index in [2.05, 4.69) is 14.8 Å². The molecule has 0 radical (unpaired) electrons. The molecule has 4 aromatic rings. The molecule has 0 fully saturated rings. The molecule has 1 N–H and O–H groups in total. The van der Waals surface area contributed by atoms with Crippen LogP contribution in [0.15, 0.2) is 60.8 Å². The molecule has 0 aliphatic rings. The van der Waals surface area contributed by atoms with E-state index in [9.17, 15) is 18.3 Å². The van der Waals surface area contributed by atoms with Gasteiger partial charge in [0.1, 0.15) is 5.75 Å².